The minimum Gasteiger partial charge on any atom is -0.297 e. The predicted molar refractivity (Wildman–Crippen MR) is 58.0 cm³/mol. The summed E-state index contributed by atoms with van der Waals surface area (Å²) in [5.74, 6) is 0.930. The van der Waals surface area contributed by atoms with E-state index < -0.39 is 0 Å². The van der Waals surface area contributed by atoms with Gasteiger partial charge in [-0.1, -0.05) is 19.4 Å². The van der Waals surface area contributed by atoms with Gasteiger partial charge in [-0.05, 0) is 25.0 Å². The Kier molecular flexibility index (Phi) is 2.82. The van der Waals surface area contributed by atoms with Gasteiger partial charge in [0.2, 0.25) is 0 Å². The maximum absolute atomic E-state index is 4.50. The maximum atomic E-state index is 4.50. The quantitative estimate of drug-likeness (QED) is 0.726. The Hall–Kier alpha value is -0.890. The molecule has 0 unspecified atom stereocenters. The molecule has 2 heterocycles. The van der Waals surface area contributed by atoms with Crippen LogP contribution in [-0.2, 0) is 6.54 Å². The molecule has 0 aromatic carbocycles. The second kappa shape index (κ2) is 4.09. The smallest absolute Gasteiger partial charge is 0.0547 e. The lowest BCUT2D eigenvalue weighted by molar-refractivity contribution is 0.0885. The Morgan fingerprint density at radius 3 is 2.86 bits per heavy atom. The van der Waals surface area contributed by atoms with E-state index in [0.29, 0.717) is 0 Å². The van der Waals surface area contributed by atoms with Crippen LogP contribution in [0.15, 0.2) is 18.2 Å². The molecule has 0 bridgehead atoms. The van der Waals surface area contributed by atoms with Crippen molar-refractivity contribution in [2.75, 3.05) is 13.1 Å². The molecule has 1 aromatic heterocycles. The average Bonchev–Trinajstić information content (AvgIpc) is 2.10. The Balaban J connectivity index is 1.87. The Morgan fingerprint density at radius 2 is 2.21 bits per heavy atom. The SMILES string of the molecule is CCC1CN(Cc2cccc(C)n2)C1. The Morgan fingerprint density at radius 1 is 1.43 bits per heavy atom. The van der Waals surface area contributed by atoms with Gasteiger partial charge in [0.1, 0.15) is 0 Å². The molecule has 14 heavy (non-hydrogen) atoms. The summed E-state index contributed by atoms with van der Waals surface area (Å²) in [6.45, 7) is 7.86. The minimum atomic E-state index is 0.930. The second-order valence-corrected chi connectivity index (χ2v) is 4.24. The molecule has 0 aliphatic carbocycles. The molecule has 2 heteroatoms. The summed E-state index contributed by atoms with van der Waals surface area (Å²) < 4.78 is 0. The first kappa shape index (κ1) is 9.66. The zero-order valence-corrected chi connectivity index (χ0v) is 9.03. The zero-order valence-electron chi connectivity index (χ0n) is 9.03. The lowest BCUT2D eigenvalue weighted by atomic mass is 9.97. The first-order valence-electron chi connectivity index (χ1n) is 5.43. The molecule has 1 aliphatic rings. The van der Waals surface area contributed by atoms with Crippen molar-refractivity contribution >= 4 is 0 Å². The van der Waals surface area contributed by atoms with Gasteiger partial charge in [-0.25, -0.2) is 0 Å². The van der Waals surface area contributed by atoms with Gasteiger partial charge in [0.15, 0.2) is 0 Å². The molecule has 0 spiro atoms. The number of aromatic nitrogens is 1. The molecule has 0 saturated carbocycles. The van der Waals surface area contributed by atoms with Crippen LogP contribution in [0.3, 0.4) is 0 Å². The zero-order chi connectivity index (χ0) is 9.97. The van der Waals surface area contributed by atoms with E-state index in [1.54, 1.807) is 0 Å². The molecule has 2 rings (SSSR count). The number of rotatable bonds is 3. The van der Waals surface area contributed by atoms with Gasteiger partial charge in [0.05, 0.1) is 5.69 Å². The van der Waals surface area contributed by atoms with E-state index in [-0.39, 0.29) is 0 Å². The first-order chi connectivity index (χ1) is 6.78. The molecule has 1 aromatic rings. The van der Waals surface area contributed by atoms with Gasteiger partial charge >= 0.3 is 0 Å². The number of pyridine rings is 1. The van der Waals surface area contributed by atoms with Crippen molar-refractivity contribution in [2.24, 2.45) is 5.92 Å². The standard InChI is InChI=1S/C12H18N2/c1-3-11-7-14(8-11)9-12-6-4-5-10(2)13-12/h4-6,11H,3,7-9H2,1-2H3. The number of hydrogen-bond donors (Lipinski definition) is 0. The van der Waals surface area contributed by atoms with E-state index >= 15 is 0 Å². The highest BCUT2D eigenvalue weighted by molar-refractivity contribution is 5.10. The van der Waals surface area contributed by atoms with Crippen molar-refractivity contribution in [3.8, 4) is 0 Å². The Bertz CT molecular complexity index is 303. The lowest BCUT2D eigenvalue weighted by Crippen LogP contribution is -2.45. The fraction of sp³-hybridized carbons (Fsp3) is 0.583. The predicted octanol–water partition coefficient (Wildman–Crippen LogP) is 2.23. The van der Waals surface area contributed by atoms with Crippen LogP contribution in [0.25, 0.3) is 0 Å². The molecule has 1 aliphatic heterocycles. The van der Waals surface area contributed by atoms with Gasteiger partial charge in [0.25, 0.3) is 0 Å². The van der Waals surface area contributed by atoms with Crippen LogP contribution in [0.2, 0.25) is 0 Å². The van der Waals surface area contributed by atoms with Crippen LogP contribution in [0.1, 0.15) is 24.7 Å². The van der Waals surface area contributed by atoms with E-state index in [1.807, 2.05) is 0 Å². The van der Waals surface area contributed by atoms with Gasteiger partial charge in [-0.2, -0.15) is 0 Å². The minimum absolute atomic E-state index is 0.930. The first-order valence-corrected chi connectivity index (χ1v) is 5.43. The number of nitrogens with zero attached hydrogens (tertiary/aromatic N) is 2. The largest absolute Gasteiger partial charge is 0.297 e. The molecule has 0 radical (unpaired) electrons. The number of aryl methyl sites for hydroxylation is 1. The van der Waals surface area contributed by atoms with Crippen molar-refractivity contribution in [3.63, 3.8) is 0 Å². The van der Waals surface area contributed by atoms with E-state index in [9.17, 15) is 0 Å². The fourth-order valence-corrected chi connectivity index (χ4v) is 1.98. The number of likely N-dealkylation sites (tertiary alicyclic amines) is 1. The summed E-state index contributed by atoms with van der Waals surface area (Å²) >= 11 is 0. The van der Waals surface area contributed by atoms with Gasteiger partial charge in [0, 0.05) is 25.3 Å². The molecule has 0 atom stereocenters. The third-order valence-electron chi connectivity index (χ3n) is 2.94. The second-order valence-electron chi connectivity index (χ2n) is 4.24. The lowest BCUT2D eigenvalue weighted by Gasteiger charge is -2.38. The van der Waals surface area contributed by atoms with E-state index in [1.165, 1.54) is 25.2 Å². The molecule has 1 saturated heterocycles. The average molecular weight is 190 g/mol. The molecule has 76 valence electrons. The van der Waals surface area contributed by atoms with Gasteiger partial charge < -0.3 is 0 Å². The topological polar surface area (TPSA) is 16.1 Å². The third-order valence-corrected chi connectivity index (χ3v) is 2.94. The molecular formula is C12H18N2. The summed E-state index contributed by atoms with van der Waals surface area (Å²) in [4.78, 5) is 6.97. The highest BCUT2D eigenvalue weighted by atomic mass is 15.2. The molecule has 0 amide bonds. The molecular weight excluding hydrogens is 172 g/mol. The van der Waals surface area contributed by atoms with Crippen LogP contribution in [0.5, 0.6) is 0 Å². The monoisotopic (exact) mass is 190 g/mol. The highest BCUT2D eigenvalue weighted by Crippen LogP contribution is 2.20. The third kappa shape index (κ3) is 2.13. The summed E-state index contributed by atoms with van der Waals surface area (Å²) in [6.07, 6.45) is 1.32. The fourth-order valence-electron chi connectivity index (χ4n) is 1.98. The van der Waals surface area contributed by atoms with Gasteiger partial charge in [-0.3, -0.25) is 9.88 Å². The normalized spacial score (nSPS) is 18.1. The summed E-state index contributed by atoms with van der Waals surface area (Å²) in [7, 11) is 0. The van der Waals surface area contributed by atoms with Crippen LogP contribution in [0, 0.1) is 12.8 Å². The van der Waals surface area contributed by atoms with E-state index in [0.717, 1.165) is 18.2 Å². The van der Waals surface area contributed by atoms with Crippen molar-refractivity contribution in [3.05, 3.63) is 29.6 Å². The maximum Gasteiger partial charge on any atom is 0.0547 e. The van der Waals surface area contributed by atoms with Gasteiger partial charge in [-0.15, -0.1) is 0 Å². The number of hydrogen-bond acceptors (Lipinski definition) is 2. The highest BCUT2D eigenvalue weighted by Gasteiger charge is 2.24. The van der Waals surface area contributed by atoms with Crippen molar-refractivity contribution in [2.45, 2.75) is 26.8 Å². The van der Waals surface area contributed by atoms with Crippen LogP contribution in [-0.4, -0.2) is 23.0 Å². The summed E-state index contributed by atoms with van der Waals surface area (Å²) in [5.41, 5.74) is 2.33. The summed E-state index contributed by atoms with van der Waals surface area (Å²) in [6, 6.07) is 6.26. The summed E-state index contributed by atoms with van der Waals surface area (Å²) in [5, 5.41) is 0. The molecule has 0 N–H and O–H groups in total. The van der Waals surface area contributed by atoms with E-state index in [2.05, 4.69) is 41.9 Å². The van der Waals surface area contributed by atoms with Crippen molar-refractivity contribution in [1.82, 2.24) is 9.88 Å². The van der Waals surface area contributed by atoms with Crippen LogP contribution >= 0.6 is 0 Å². The van der Waals surface area contributed by atoms with Crippen molar-refractivity contribution < 1.29 is 0 Å². The molecule has 1 fully saturated rings. The Labute approximate surface area is 86.0 Å². The molecule has 2 nitrogen and oxygen atoms in total. The van der Waals surface area contributed by atoms with Crippen LogP contribution in [0.4, 0.5) is 0 Å². The van der Waals surface area contributed by atoms with E-state index in [4.69, 9.17) is 0 Å². The van der Waals surface area contributed by atoms with Crippen LogP contribution < -0.4 is 0 Å². The van der Waals surface area contributed by atoms with Crippen molar-refractivity contribution in [1.29, 1.82) is 0 Å².